The Morgan fingerprint density at radius 1 is 1.25 bits per heavy atom. The molecule has 5 nitrogen and oxygen atoms in total. The average molecular weight is 288 g/mol. The lowest BCUT2D eigenvalue weighted by molar-refractivity contribution is 0.0691. The second kappa shape index (κ2) is 6.21. The number of hydrogen-bond acceptors (Lipinski definition) is 4. The van der Waals surface area contributed by atoms with Gasteiger partial charge in [-0.05, 0) is 36.6 Å². The van der Waals surface area contributed by atoms with Gasteiger partial charge < -0.3 is 10.4 Å². The number of carboxylic acid groups (broad SMARTS) is 1. The van der Waals surface area contributed by atoms with E-state index in [0.29, 0.717) is 5.69 Å². The number of carbonyl (C=O) groups excluding carboxylic acids is 1. The number of thioether (sulfide) groups is 1. The number of aromatic carboxylic acids is 1. The summed E-state index contributed by atoms with van der Waals surface area (Å²) < 4.78 is 0. The summed E-state index contributed by atoms with van der Waals surface area (Å²) >= 11 is 1.55. The molecule has 6 heteroatoms. The van der Waals surface area contributed by atoms with E-state index in [2.05, 4.69) is 10.3 Å². The van der Waals surface area contributed by atoms with Crippen LogP contribution in [0.4, 0.5) is 5.69 Å². The Labute approximate surface area is 120 Å². The Morgan fingerprint density at radius 2 is 2.05 bits per heavy atom. The number of carbonyl (C=O) groups is 2. The maximum absolute atomic E-state index is 12.1. The van der Waals surface area contributed by atoms with E-state index in [-0.39, 0.29) is 11.3 Å². The minimum Gasteiger partial charge on any atom is -0.478 e. The largest absolute Gasteiger partial charge is 0.478 e. The lowest BCUT2D eigenvalue weighted by atomic mass is 10.2. The van der Waals surface area contributed by atoms with Crippen LogP contribution in [0.2, 0.25) is 0 Å². The van der Waals surface area contributed by atoms with Gasteiger partial charge in [-0.2, -0.15) is 0 Å². The molecule has 0 radical (unpaired) electrons. The zero-order valence-corrected chi connectivity index (χ0v) is 11.5. The first kappa shape index (κ1) is 14.1. The maximum atomic E-state index is 12.1. The molecule has 20 heavy (non-hydrogen) atoms. The first-order valence-electron chi connectivity index (χ1n) is 5.75. The van der Waals surface area contributed by atoms with Gasteiger partial charge in [0.15, 0.2) is 0 Å². The second-order valence-corrected chi connectivity index (χ2v) is 4.77. The van der Waals surface area contributed by atoms with Crippen molar-refractivity contribution in [2.75, 3.05) is 11.6 Å². The van der Waals surface area contributed by atoms with E-state index < -0.39 is 11.9 Å². The van der Waals surface area contributed by atoms with Gasteiger partial charge in [0.2, 0.25) is 0 Å². The molecular weight excluding hydrogens is 276 g/mol. The van der Waals surface area contributed by atoms with Crippen molar-refractivity contribution < 1.29 is 14.7 Å². The van der Waals surface area contributed by atoms with Crippen LogP contribution in [0, 0.1) is 0 Å². The van der Waals surface area contributed by atoms with Crippen molar-refractivity contribution >= 4 is 29.3 Å². The molecule has 0 saturated carbocycles. The van der Waals surface area contributed by atoms with E-state index in [1.54, 1.807) is 17.8 Å². The molecule has 0 bridgehead atoms. The molecule has 0 aliphatic carbocycles. The van der Waals surface area contributed by atoms with Crippen LogP contribution >= 0.6 is 11.8 Å². The summed E-state index contributed by atoms with van der Waals surface area (Å²) in [6.45, 7) is 0. The van der Waals surface area contributed by atoms with E-state index in [4.69, 9.17) is 5.11 Å². The molecular formula is C14H12N2O3S. The van der Waals surface area contributed by atoms with Crippen molar-refractivity contribution in [1.29, 1.82) is 0 Å². The number of nitrogens with one attached hydrogen (secondary N) is 1. The van der Waals surface area contributed by atoms with Gasteiger partial charge in [0, 0.05) is 16.8 Å². The van der Waals surface area contributed by atoms with Crippen molar-refractivity contribution in [2.45, 2.75) is 4.90 Å². The fourth-order valence-corrected chi connectivity index (χ4v) is 2.11. The Morgan fingerprint density at radius 3 is 2.75 bits per heavy atom. The minimum atomic E-state index is -1.18. The lowest BCUT2D eigenvalue weighted by Crippen LogP contribution is -2.18. The lowest BCUT2D eigenvalue weighted by Gasteiger charge is -2.07. The highest BCUT2D eigenvalue weighted by molar-refractivity contribution is 7.98. The highest BCUT2D eigenvalue weighted by Gasteiger charge is 2.17. The van der Waals surface area contributed by atoms with Crippen LogP contribution < -0.4 is 5.32 Å². The first-order valence-corrected chi connectivity index (χ1v) is 6.98. The predicted octanol–water partition coefficient (Wildman–Crippen LogP) is 2.75. The van der Waals surface area contributed by atoms with Crippen LogP contribution in [-0.4, -0.2) is 28.2 Å². The Bertz CT molecular complexity index is 658. The molecule has 0 aliphatic heterocycles. The molecule has 2 N–H and O–H groups in total. The molecule has 0 unspecified atom stereocenters. The molecule has 102 valence electrons. The molecule has 0 saturated heterocycles. The molecule has 0 fully saturated rings. The monoisotopic (exact) mass is 288 g/mol. The normalized spacial score (nSPS) is 10.1. The number of aromatic nitrogens is 1. The Balaban J connectivity index is 2.26. The van der Waals surface area contributed by atoms with Gasteiger partial charge in [-0.15, -0.1) is 11.8 Å². The number of hydrogen-bond donors (Lipinski definition) is 2. The molecule has 1 aromatic heterocycles. The second-order valence-electron chi connectivity index (χ2n) is 3.89. The molecule has 0 atom stereocenters. The third-order valence-electron chi connectivity index (χ3n) is 2.58. The summed E-state index contributed by atoms with van der Waals surface area (Å²) in [7, 11) is 0. The van der Waals surface area contributed by atoms with E-state index >= 15 is 0 Å². The van der Waals surface area contributed by atoms with Crippen molar-refractivity contribution in [3.05, 3.63) is 53.9 Å². The number of amides is 1. The molecule has 2 aromatic rings. The Hall–Kier alpha value is -2.34. The smallest absolute Gasteiger partial charge is 0.338 e. The molecule has 1 amide bonds. The van der Waals surface area contributed by atoms with E-state index in [1.165, 1.54) is 18.3 Å². The van der Waals surface area contributed by atoms with Crippen LogP contribution in [0.15, 0.2) is 47.5 Å². The SMILES string of the molecule is CSc1cccc(NC(=O)c2ncccc2C(=O)O)c1. The number of benzene rings is 1. The molecule has 1 heterocycles. The summed E-state index contributed by atoms with van der Waals surface area (Å²) in [4.78, 5) is 28.0. The third kappa shape index (κ3) is 3.16. The van der Waals surface area contributed by atoms with Crippen molar-refractivity contribution in [2.24, 2.45) is 0 Å². The van der Waals surface area contributed by atoms with E-state index in [1.807, 2.05) is 24.5 Å². The van der Waals surface area contributed by atoms with Crippen molar-refractivity contribution in [1.82, 2.24) is 4.98 Å². The van der Waals surface area contributed by atoms with Crippen molar-refractivity contribution in [3.8, 4) is 0 Å². The van der Waals surface area contributed by atoms with Gasteiger partial charge in [-0.1, -0.05) is 6.07 Å². The zero-order valence-electron chi connectivity index (χ0n) is 10.7. The highest BCUT2D eigenvalue weighted by Crippen LogP contribution is 2.19. The van der Waals surface area contributed by atoms with E-state index in [9.17, 15) is 9.59 Å². The summed E-state index contributed by atoms with van der Waals surface area (Å²) in [6, 6.07) is 10.1. The Kier molecular flexibility index (Phi) is 4.37. The third-order valence-corrected chi connectivity index (χ3v) is 3.31. The predicted molar refractivity (Wildman–Crippen MR) is 77.4 cm³/mol. The van der Waals surface area contributed by atoms with E-state index in [0.717, 1.165) is 4.90 Å². The molecule has 1 aromatic carbocycles. The van der Waals surface area contributed by atoms with Crippen molar-refractivity contribution in [3.63, 3.8) is 0 Å². The van der Waals surface area contributed by atoms with Crippen LogP contribution in [0.3, 0.4) is 0 Å². The summed E-state index contributed by atoms with van der Waals surface area (Å²) in [5, 5.41) is 11.7. The zero-order chi connectivity index (χ0) is 14.5. The summed E-state index contributed by atoms with van der Waals surface area (Å²) in [5.74, 6) is -1.72. The molecule has 0 spiro atoms. The fraction of sp³-hybridized carbons (Fsp3) is 0.0714. The van der Waals surface area contributed by atoms with Crippen LogP contribution in [0.5, 0.6) is 0 Å². The fourth-order valence-electron chi connectivity index (χ4n) is 1.65. The van der Waals surface area contributed by atoms with Gasteiger partial charge >= 0.3 is 5.97 Å². The number of nitrogens with zero attached hydrogens (tertiary/aromatic N) is 1. The maximum Gasteiger partial charge on any atom is 0.338 e. The first-order chi connectivity index (χ1) is 9.61. The van der Waals surface area contributed by atoms with Gasteiger partial charge in [-0.25, -0.2) is 4.79 Å². The average Bonchev–Trinajstić information content (AvgIpc) is 2.47. The summed E-state index contributed by atoms with van der Waals surface area (Å²) in [5.41, 5.74) is 0.379. The highest BCUT2D eigenvalue weighted by atomic mass is 32.2. The van der Waals surface area contributed by atoms with Gasteiger partial charge in [-0.3, -0.25) is 9.78 Å². The molecule has 2 rings (SSSR count). The van der Waals surface area contributed by atoms with Crippen LogP contribution in [-0.2, 0) is 0 Å². The van der Waals surface area contributed by atoms with Gasteiger partial charge in [0.25, 0.3) is 5.91 Å². The number of anilines is 1. The topological polar surface area (TPSA) is 79.3 Å². The summed E-state index contributed by atoms with van der Waals surface area (Å²) in [6.07, 6.45) is 3.32. The number of carboxylic acids is 1. The van der Waals surface area contributed by atoms with Gasteiger partial charge in [0.1, 0.15) is 5.69 Å². The number of pyridine rings is 1. The van der Waals surface area contributed by atoms with Gasteiger partial charge in [0.05, 0.1) is 5.56 Å². The number of rotatable bonds is 4. The standard InChI is InChI=1S/C14H12N2O3S/c1-20-10-5-2-4-9(8-10)16-13(17)12-11(14(18)19)6-3-7-15-12/h2-8H,1H3,(H,16,17)(H,18,19). The molecule has 0 aliphatic rings. The quantitative estimate of drug-likeness (QED) is 0.846. The van der Waals surface area contributed by atoms with Crippen LogP contribution in [0.25, 0.3) is 0 Å². The van der Waals surface area contributed by atoms with Crippen LogP contribution in [0.1, 0.15) is 20.8 Å². The minimum absolute atomic E-state index is 0.102.